The molecule has 20 heavy (non-hydrogen) atoms. The van der Waals surface area contributed by atoms with Crippen LogP contribution in [0.25, 0.3) is 5.69 Å². The van der Waals surface area contributed by atoms with E-state index in [0.717, 1.165) is 11.4 Å². The first-order valence-corrected chi connectivity index (χ1v) is 6.66. The molecule has 0 saturated heterocycles. The van der Waals surface area contributed by atoms with Gasteiger partial charge in [0.05, 0.1) is 23.1 Å². The van der Waals surface area contributed by atoms with E-state index in [1.807, 2.05) is 20.8 Å². The molecule has 0 radical (unpaired) electrons. The normalized spacial score (nSPS) is 10.8. The summed E-state index contributed by atoms with van der Waals surface area (Å²) in [4.78, 5) is 12.1. The van der Waals surface area contributed by atoms with E-state index < -0.39 is 0 Å². The first kappa shape index (κ1) is 14.2. The number of nitrogens with one attached hydrogen (secondary N) is 1. The van der Waals surface area contributed by atoms with Crippen molar-refractivity contribution in [1.82, 2.24) is 15.1 Å². The topological polar surface area (TPSA) is 46.9 Å². The van der Waals surface area contributed by atoms with Gasteiger partial charge >= 0.3 is 0 Å². The van der Waals surface area contributed by atoms with Gasteiger partial charge < -0.3 is 5.32 Å². The van der Waals surface area contributed by atoms with E-state index in [2.05, 4.69) is 10.4 Å². The Morgan fingerprint density at radius 2 is 2.00 bits per heavy atom. The third-order valence-electron chi connectivity index (χ3n) is 2.94. The molecular formula is C15H18FN3O. The lowest BCUT2D eigenvalue weighted by atomic mass is 10.1. The molecule has 106 valence electrons. The summed E-state index contributed by atoms with van der Waals surface area (Å²) in [6.45, 7) is 5.78. The maximum absolute atomic E-state index is 13.0. The van der Waals surface area contributed by atoms with E-state index in [-0.39, 0.29) is 17.8 Å². The molecule has 4 nitrogen and oxygen atoms in total. The molecule has 1 N–H and O–H groups in total. The Hall–Kier alpha value is -2.17. The summed E-state index contributed by atoms with van der Waals surface area (Å²) >= 11 is 0. The molecule has 2 rings (SSSR count). The van der Waals surface area contributed by atoms with Crippen LogP contribution in [-0.4, -0.2) is 21.7 Å². The van der Waals surface area contributed by atoms with Gasteiger partial charge in [0.1, 0.15) is 5.82 Å². The fourth-order valence-electron chi connectivity index (χ4n) is 2.05. The van der Waals surface area contributed by atoms with Crippen molar-refractivity contribution < 1.29 is 9.18 Å². The summed E-state index contributed by atoms with van der Waals surface area (Å²) in [5, 5.41) is 7.10. The van der Waals surface area contributed by atoms with Crippen molar-refractivity contribution >= 4 is 5.91 Å². The maximum atomic E-state index is 13.0. The minimum absolute atomic E-state index is 0.0707. The molecule has 0 bridgehead atoms. The lowest BCUT2D eigenvalue weighted by Gasteiger charge is -2.10. The van der Waals surface area contributed by atoms with Crippen LogP contribution in [0.1, 0.15) is 36.8 Å². The molecule has 1 aromatic carbocycles. The summed E-state index contributed by atoms with van der Waals surface area (Å²) in [7, 11) is 0. The van der Waals surface area contributed by atoms with Gasteiger partial charge in [0.15, 0.2) is 0 Å². The van der Waals surface area contributed by atoms with Crippen LogP contribution in [0.4, 0.5) is 4.39 Å². The molecule has 2 aromatic rings. The van der Waals surface area contributed by atoms with Crippen LogP contribution in [0, 0.1) is 5.82 Å². The zero-order valence-electron chi connectivity index (χ0n) is 11.9. The summed E-state index contributed by atoms with van der Waals surface area (Å²) in [5.41, 5.74) is 2.12. The molecule has 0 fully saturated rings. The molecule has 0 unspecified atom stereocenters. The van der Waals surface area contributed by atoms with E-state index in [9.17, 15) is 9.18 Å². The minimum atomic E-state index is -0.295. The highest BCUT2D eigenvalue weighted by molar-refractivity contribution is 5.95. The van der Waals surface area contributed by atoms with Gasteiger partial charge in [-0.05, 0) is 44.5 Å². The zero-order valence-corrected chi connectivity index (χ0v) is 11.9. The summed E-state index contributed by atoms with van der Waals surface area (Å²) < 4.78 is 14.6. The van der Waals surface area contributed by atoms with Gasteiger partial charge in [0.25, 0.3) is 5.91 Å². The lowest BCUT2D eigenvalue weighted by molar-refractivity contribution is 0.0942. The summed E-state index contributed by atoms with van der Waals surface area (Å²) in [6.07, 6.45) is 2.22. The van der Waals surface area contributed by atoms with E-state index in [1.165, 1.54) is 12.1 Å². The van der Waals surface area contributed by atoms with Crippen LogP contribution in [0.5, 0.6) is 0 Å². The quantitative estimate of drug-likeness (QED) is 0.932. The number of aromatic nitrogens is 2. The molecular weight excluding hydrogens is 257 g/mol. The molecule has 1 amide bonds. The van der Waals surface area contributed by atoms with Gasteiger partial charge in [-0.25, -0.2) is 9.07 Å². The lowest BCUT2D eigenvalue weighted by Crippen LogP contribution is -2.30. The van der Waals surface area contributed by atoms with Gasteiger partial charge in [-0.15, -0.1) is 0 Å². The number of amides is 1. The Kier molecular flexibility index (Phi) is 4.17. The average molecular weight is 275 g/mol. The third-order valence-corrected chi connectivity index (χ3v) is 2.94. The largest absolute Gasteiger partial charge is 0.350 e. The van der Waals surface area contributed by atoms with Crippen LogP contribution >= 0.6 is 0 Å². The maximum Gasteiger partial charge on any atom is 0.254 e. The van der Waals surface area contributed by atoms with Crippen molar-refractivity contribution in [3.8, 4) is 5.69 Å². The first-order chi connectivity index (χ1) is 9.52. The Balaban J connectivity index is 2.39. The second-order valence-corrected chi connectivity index (χ2v) is 4.87. The first-order valence-electron chi connectivity index (χ1n) is 6.66. The van der Waals surface area contributed by atoms with Crippen molar-refractivity contribution in [3.63, 3.8) is 0 Å². The number of halogens is 1. The zero-order chi connectivity index (χ0) is 14.7. The summed E-state index contributed by atoms with van der Waals surface area (Å²) in [6, 6.07) is 6.12. The molecule has 5 heteroatoms. The molecule has 1 aromatic heterocycles. The van der Waals surface area contributed by atoms with E-state index in [0.29, 0.717) is 12.0 Å². The fourth-order valence-corrected chi connectivity index (χ4v) is 2.05. The predicted octanol–water partition coefficient (Wildman–Crippen LogP) is 2.71. The van der Waals surface area contributed by atoms with Gasteiger partial charge in [-0.3, -0.25) is 4.79 Å². The molecule has 1 heterocycles. The molecule has 0 aliphatic rings. The second-order valence-electron chi connectivity index (χ2n) is 4.87. The number of carbonyl (C=O) groups is 1. The van der Waals surface area contributed by atoms with Gasteiger partial charge in [-0.1, -0.05) is 6.92 Å². The van der Waals surface area contributed by atoms with Crippen LogP contribution in [-0.2, 0) is 6.42 Å². The number of carbonyl (C=O) groups excluding carboxylic acids is 1. The molecule has 0 aliphatic carbocycles. The van der Waals surface area contributed by atoms with Gasteiger partial charge in [-0.2, -0.15) is 5.10 Å². The number of nitrogens with zero attached hydrogens (tertiary/aromatic N) is 2. The molecule has 0 spiro atoms. The highest BCUT2D eigenvalue weighted by atomic mass is 19.1. The number of benzene rings is 1. The van der Waals surface area contributed by atoms with Crippen molar-refractivity contribution in [2.75, 3.05) is 0 Å². The standard InChI is InChI=1S/C15H18FN3O/c1-4-14-13(15(20)18-10(2)3)9-17-19(14)12-7-5-11(16)6-8-12/h5-10H,4H2,1-3H3,(H,18,20). The Morgan fingerprint density at radius 1 is 1.35 bits per heavy atom. The monoisotopic (exact) mass is 275 g/mol. The van der Waals surface area contributed by atoms with Crippen molar-refractivity contribution in [1.29, 1.82) is 0 Å². The SMILES string of the molecule is CCc1c(C(=O)NC(C)C)cnn1-c1ccc(F)cc1. The number of rotatable bonds is 4. The van der Waals surface area contributed by atoms with E-state index in [1.54, 1.807) is 23.0 Å². The molecule has 0 aliphatic heterocycles. The number of hydrogen-bond donors (Lipinski definition) is 1. The second kappa shape index (κ2) is 5.86. The van der Waals surface area contributed by atoms with Crippen LogP contribution in [0.15, 0.2) is 30.5 Å². The Bertz CT molecular complexity index is 602. The average Bonchev–Trinajstić information content (AvgIpc) is 2.82. The fraction of sp³-hybridized carbons (Fsp3) is 0.333. The van der Waals surface area contributed by atoms with E-state index in [4.69, 9.17) is 0 Å². The van der Waals surface area contributed by atoms with Gasteiger partial charge in [0, 0.05) is 6.04 Å². The molecule has 0 atom stereocenters. The van der Waals surface area contributed by atoms with Crippen molar-refractivity contribution in [2.45, 2.75) is 33.2 Å². The summed E-state index contributed by atoms with van der Waals surface area (Å²) in [5.74, 6) is -0.429. The van der Waals surface area contributed by atoms with Gasteiger partial charge in [0.2, 0.25) is 0 Å². The predicted molar refractivity (Wildman–Crippen MR) is 75.5 cm³/mol. The van der Waals surface area contributed by atoms with Crippen LogP contribution < -0.4 is 5.32 Å². The van der Waals surface area contributed by atoms with Crippen LogP contribution in [0.3, 0.4) is 0 Å². The highest BCUT2D eigenvalue weighted by Crippen LogP contribution is 2.16. The number of hydrogen-bond acceptors (Lipinski definition) is 2. The van der Waals surface area contributed by atoms with Crippen molar-refractivity contribution in [2.24, 2.45) is 0 Å². The van der Waals surface area contributed by atoms with Crippen LogP contribution in [0.2, 0.25) is 0 Å². The smallest absolute Gasteiger partial charge is 0.254 e. The molecule has 0 saturated carbocycles. The minimum Gasteiger partial charge on any atom is -0.350 e. The Morgan fingerprint density at radius 3 is 2.55 bits per heavy atom. The van der Waals surface area contributed by atoms with E-state index >= 15 is 0 Å². The third kappa shape index (κ3) is 2.87. The van der Waals surface area contributed by atoms with Crippen molar-refractivity contribution in [3.05, 3.63) is 47.5 Å². The highest BCUT2D eigenvalue weighted by Gasteiger charge is 2.17. The Labute approximate surface area is 117 Å².